The van der Waals surface area contributed by atoms with Crippen molar-refractivity contribution >= 4 is 33.7 Å². The smallest absolute Gasteiger partial charge is 0.213 e. The summed E-state index contributed by atoms with van der Waals surface area (Å²) in [5.41, 5.74) is 4.29. The second-order valence-corrected chi connectivity index (χ2v) is 7.14. The Morgan fingerprint density at radius 1 is 1.14 bits per heavy atom. The molecule has 0 amide bonds. The molecule has 146 valence electrons. The quantitative estimate of drug-likeness (QED) is 0.446. The first-order valence-corrected chi connectivity index (χ1v) is 9.52. The lowest BCUT2D eigenvalue weighted by molar-refractivity contribution is 0.385. The third kappa shape index (κ3) is 3.42. The van der Waals surface area contributed by atoms with Gasteiger partial charge in [0.15, 0.2) is 0 Å². The van der Waals surface area contributed by atoms with Crippen molar-refractivity contribution in [2.45, 2.75) is 13.3 Å². The summed E-state index contributed by atoms with van der Waals surface area (Å²) in [6.45, 7) is 2.18. The lowest BCUT2D eigenvalue weighted by Gasteiger charge is -2.15. The Hall–Kier alpha value is -3.74. The number of allylic oxidation sites excluding steroid dienone is 4. The lowest BCUT2D eigenvalue weighted by atomic mass is 10.0. The van der Waals surface area contributed by atoms with E-state index in [1.807, 2.05) is 48.7 Å². The molecule has 0 aliphatic heterocycles. The fourth-order valence-electron chi connectivity index (χ4n) is 3.46. The molecule has 3 heterocycles. The zero-order valence-electron chi connectivity index (χ0n) is 16.2. The van der Waals surface area contributed by atoms with Gasteiger partial charge in [-0.15, -0.1) is 0 Å². The monoisotopic (exact) mass is 387 g/mol. The summed E-state index contributed by atoms with van der Waals surface area (Å²) in [5.74, 6) is 3.45. The van der Waals surface area contributed by atoms with Crippen molar-refractivity contribution in [1.82, 2.24) is 19.9 Å². The summed E-state index contributed by atoms with van der Waals surface area (Å²) in [4.78, 5) is 15.6. The molecule has 0 saturated heterocycles. The normalized spacial score (nSPS) is 16.2. The van der Waals surface area contributed by atoms with Gasteiger partial charge >= 0.3 is 0 Å². The largest absolute Gasteiger partial charge is 0.481 e. The summed E-state index contributed by atoms with van der Waals surface area (Å²) in [6.07, 6.45) is 9.01. The van der Waals surface area contributed by atoms with Crippen molar-refractivity contribution in [3.63, 3.8) is 0 Å². The number of pyridine rings is 1. The van der Waals surface area contributed by atoms with Crippen molar-refractivity contribution in [3.8, 4) is 11.6 Å². The molecule has 0 fully saturated rings. The summed E-state index contributed by atoms with van der Waals surface area (Å²) < 4.78 is 11.3. The van der Waals surface area contributed by atoms with Gasteiger partial charge in [-0.3, -0.25) is 0 Å². The van der Waals surface area contributed by atoms with Crippen LogP contribution in [-0.2, 0) is 0 Å². The molecule has 1 aliphatic rings. The van der Waals surface area contributed by atoms with Gasteiger partial charge < -0.3 is 24.8 Å². The van der Waals surface area contributed by atoms with Crippen LogP contribution >= 0.6 is 0 Å². The topological polar surface area (TPSA) is 87.9 Å². The molecule has 0 saturated carbocycles. The van der Waals surface area contributed by atoms with Gasteiger partial charge in [-0.25, -0.2) is 9.97 Å². The van der Waals surface area contributed by atoms with Gasteiger partial charge in [0.25, 0.3) is 0 Å². The van der Waals surface area contributed by atoms with Crippen LogP contribution in [0.5, 0.6) is 11.6 Å². The Kier molecular flexibility index (Phi) is 4.20. The highest BCUT2D eigenvalue weighted by molar-refractivity contribution is 5.91. The van der Waals surface area contributed by atoms with E-state index in [-0.39, 0.29) is 0 Å². The Morgan fingerprint density at radius 3 is 2.93 bits per heavy atom. The number of nitrogens with zero attached hydrogens (tertiary/aromatic N) is 2. The van der Waals surface area contributed by atoms with E-state index in [9.17, 15) is 0 Å². The molecule has 29 heavy (non-hydrogen) atoms. The van der Waals surface area contributed by atoms with E-state index < -0.39 is 0 Å². The second-order valence-electron chi connectivity index (χ2n) is 7.14. The van der Waals surface area contributed by atoms with Gasteiger partial charge in [0.05, 0.1) is 29.3 Å². The Morgan fingerprint density at radius 2 is 2.07 bits per heavy atom. The molecule has 3 aromatic heterocycles. The van der Waals surface area contributed by atoms with Crippen LogP contribution in [0.25, 0.3) is 22.1 Å². The number of aromatic amines is 2. The molecule has 1 aromatic carbocycles. The maximum Gasteiger partial charge on any atom is 0.213 e. The van der Waals surface area contributed by atoms with Crippen molar-refractivity contribution in [1.29, 1.82) is 0 Å². The molecular formula is C22H21N5O2. The highest BCUT2D eigenvalue weighted by Gasteiger charge is 2.12. The maximum atomic E-state index is 6.04. The predicted octanol–water partition coefficient (Wildman–Crippen LogP) is 5.05. The number of ether oxygens (including phenoxy) is 2. The lowest BCUT2D eigenvalue weighted by Crippen LogP contribution is -2.03. The van der Waals surface area contributed by atoms with Crippen LogP contribution in [0, 0.1) is 5.92 Å². The molecule has 0 spiro atoms. The number of anilines is 2. The van der Waals surface area contributed by atoms with E-state index in [0.29, 0.717) is 17.7 Å². The average Bonchev–Trinajstić information content (AvgIpc) is 3.31. The van der Waals surface area contributed by atoms with E-state index in [1.54, 1.807) is 7.11 Å². The van der Waals surface area contributed by atoms with Gasteiger partial charge in [0.1, 0.15) is 17.0 Å². The second kappa shape index (κ2) is 7.01. The Labute approximate surface area is 167 Å². The van der Waals surface area contributed by atoms with Crippen LogP contribution in [0.1, 0.15) is 13.3 Å². The van der Waals surface area contributed by atoms with Crippen LogP contribution in [0.4, 0.5) is 11.6 Å². The molecule has 1 atom stereocenters. The number of rotatable bonds is 5. The average molecular weight is 387 g/mol. The fraction of sp³-hybridized carbons (Fsp3) is 0.182. The van der Waals surface area contributed by atoms with Crippen LogP contribution in [0.3, 0.4) is 0 Å². The molecule has 3 N–H and O–H groups in total. The first kappa shape index (κ1) is 17.4. The summed E-state index contributed by atoms with van der Waals surface area (Å²) >= 11 is 0. The minimum atomic E-state index is 0.491. The highest BCUT2D eigenvalue weighted by atomic mass is 16.5. The molecule has 0 radical (unpaired) electrons. The summed E-state index contributed by atoms with van der Waals surface area (Å²) in [5, 5.41) is 3.30. The molecule has 5 rings (SSSR count). The zero-order valence-corrected chi connectivity index (χ0v) is 16.2. The number of aromatic nitrogens is 4. The van der Waals surface area contributed by atoms with Gasteiger partial charge in [-0.2, -0.15) is 0 Å². The molecule has 4 aromatic rings. The zero-order chi connectivity index (χ0) is 19.8. The van der Waals surface area contributed by atoms with Crippen molar-refractivity contribution in [2.75, 3.05) is 12.4 Å². The van der Waals surface area contributed by atoms with Crippen LogP contribution in [0.15, 0.2) is 60.5 Å². The van der Waals surface area contributed by atoms with E-state index in [4.69, 9.17) is 9.47 Å². The number of hydrogen-bond acceptors (Lipinski definition) is 5. The third-order valence-corrected chi connectivity index (χ3v) is 4.91. The van der Waals surface area contributed by atoms with Crippen molar-refractivity contribution in [3.05, 3.63) is 60.5 Å². The minimum absolute atomic E-state index is 0.491. The molecule has 1 aliphatic carbocycles. The van der Waals surface area contributed by atoms with Crippen molar-refractivity contribution < 1.29 is 9.47 Å². The fourth-order valence-corrected chi connectivity index (χ4v) is 3.46. The van der Waals surface area contributed by atoms with Crippen molar-refractivity contribution in [2.24, 2.45) is 5.92 Å². The third-order valence-electron chi connectivity index (χ3n) is 4.91. The SMILES string of the molecule is COc1ccc2[nH]cc(Nc3nc4ccc(OC5=CC=CC(C)C5)cc4[nH]3)c2n1. The van der Waals surface area contributed by atoms with E-state index in [0.717, 1.165) is 45.7 Å². The van der Waals surface area contributed by atoms with Crippen LogP contribution < -0.4 is 14.8 Å². The first-order valence-electron chi connectivity index (χ1n) is 9.52. The Bertz CT molecular complexity index is 1250. The Balaban J connectivity index is 1.40. The number of hydrogen-bond donors (Lipinski definition) is 3. The summed E-state index contributed by atoms with van der Waals surface area (Å²) in [7, 11) is 1.60. The number of imidazole rings is 1. The van der Waals surface area contributed by atoms with E-state index >= 15 is 0 Å². The number of H-pyrrole nitrogens is 2. The van der Waals surface area contributed by atoms with Crippen LogP contribution in [-0.4, -0.2) is 27.0 Å². The molecular weight excluding hydrogens is 366 g/mol. The van der Waals surface area contributed by atoms with E-state index in [1.165, 1.54) is 0 Å². The molecule has 7 heteroatoms. The molecule has 0 bridgehead atoms. The maximum absolute atomic E-state index is 6.04. The van der Waals surface area contributed by atoms with Gasteiger partial charge in [-0.05, 0) is 30.2 Å². The van der Waals surface area contributed by atoms with Gasteiger partial charge in [0.2, 0.25) is 11.8 Å². The number of benzene rings is 1. The van der Waals surface area contributed by atoms with Gasteiger partial charge in [0, 0.05) is 24.8 Å². The first-order chi connectivity index (χ1) is 14.2. The number of nitrogens with one attached hydrogen (secondary N) is 3. The number of fused-ring (bicyclic) bond motifs is 2. The molecule has 7 nitrogen and oxygen atoms in total. The number of methoxy groups -OCH3 is 1. The standard InChI is InChI=1S/C22H21N5O2/c1-13-4-3-5-14(10-13)29-15-6-7-16-18(11-15)25-22(24-16)26-19-12-23-17-8-9-20(28-2)27-21(17)19/h3-9,11-13,23H,10H2,1-2H3,(H2,24,25,26). The predicted molar refractivity (Wildman–Crippen MR) is 114 cm³/mol. The minimum Gasteiger partial charge on any atom is -0.481 e. The van der Waals surface area contributed by atoms with Gasteiger partial charge in [-0.1, -0.05) is 19.1 Å². The molecule has 1 unspecified atom stereocenters. The highest BCUT2D eigenvalue weighted by Crippen LogP contribution is 2.29. The van der Waals surface area contributed by atoms with E-state index in [2.05, 4.69) is 38.3 Å². The summed E-state index contributed by atoms with van der Waals surface area (Å²) in [6, 6.07) is 9.61. The van der Waals surface area contributed by atoms with Crippen LogP contribution in [0.2, 0.25) is 0 Å².